The molecule has 1 unspecified atom stereocenters. The van der Waals surface area contributed by atoms with Crippen LogP contribution in [0.3, 0.4) is 0 Å². The van der Waals surface area contributed by atoms with Crippen molar-refractivity contribution in [2.75, 3.05) is 6.54 Å². The molecule has 0 amide bonds. The lowest BCUT2D eigenvalue weighted by Crippen LogP contribution is -2.20. The van der Waals surface area contributed by atoms with Crippen LogP contribution < -0.4 is 5.32 Å². The van der Waals surface area contributed by atoms with Gasteiger partial charge in [0, 0.05) is 19.1 Å². The van der Waals surface area contributed by atoms with Crippen molar-refractivity contribution < 1.29 is 0 Å². The average molecular weight is 345 g/mol. The van der Waals surface area contributed by atoms with Gasteiger partial charge < -0.3 is 5.32 Å². The predicted octanol–water partition coefficient (Wildman–Crippen LogP) is 4.59. The molecule has 0 radical (unpaired) electrons. The van der Waals surface area contributed by atoms with Crippen molar-refractivity contribution in [3.63, 3.8) is 0 Å². The number of nitrogens with one attached hydrogen (secondary N) is 1. The Labute approximate surface area is 125 Å². The SMILES string of the molecule is CCNC(c1cc(Br)c(C)s1)c1nc(C)c(C)s1. The van der Waals surface area contributed by atoms with Crippen LogP contribution in [0.4, 0.5) is 0 Å². The Bertz CT molecular complexity index is 460. The van der Waals surface area contributed by atoms with Gasteiger partial charge in [-0.2, -0.15) is 0 Å². The molecule has 2 rings (SSSR count). The van der Waals surface area contributed by atoms with Crippen LogP contribution in [0, 0.1) is 20.8 Å². The lowest BCUT2D eigenvalue weighted by molar-refractivity contribution is 0.635. The van der Waals surface area contributed by atoms with Gasteiger partial charge in [-0.25, -0.2) is 4.98 Å². The van der Waals surface area contributed by atoms with E-state index in [1.807, 2.05) is 11.3 Å². The number of halogens is 1. The zero-order valence-electron chi connectivity index (χ0n) is 11.0. The second-order valence-electron chi connectivity index (χ2n) is 4.24. The van der Waals surface area contributed by atoms with E-state index < -0.39 is 0 Å². The molecule has 1 N–H and O–H groups in total. The minimum absolute atomic E-state index is 0.224. The van der Waals surface area contributed by atoms with E-state index in [1.54, 1.807) is 11.3 Å². The summed E-state index contributed by atoms with van der Waals surface area (Å²) in [5.74, 6) is 0. The normalized spacial score (nSPS) is 12.9. The lowest BCUT2D eigenvalue weighted by atomic mass is 10.2. The van der Waals surface area contributed by atoms with E-state index in [2.05, 4.69) is 55.0 Å². The fourth-order valence-corrected chi connectivity index (χ4v) is 4.49. The molecule has 2 aromatic rings. The number of aromatic nitrogens is 1. The number of hydrogen-bond donors (Lipinski definition) is 1. The molecule has 5 heteroatoms. The lowest BCUT2D eigenvalue weighted by Gasteiger charge is -2.13. The van der Waals surface area contributed by atoms with Crippen molar-refractivity contribution >= 4 is 38.6 Å². The van der Waals surface area contributed by atoms with Crippen LogP contribution in [-0.2, 0) is 0 Å². The Morgan fingerprint density at radius 3 is 2.44 bits per heavy atom. The average Bonchev–Trinajstić information content (AvgIpc) is 2.81. The maximum absolute atomic E-state index is 4.69. The Morgan fingerprint density at radius 2 is 2.00 bits per heavy atom. The Hall–Kier alpha value is -0.230. The van der Waals surface area contributed by atoms with Gasteiger partial charge >= 0.3 is 0 Å². The minimum Gasteiger partial charge on any atom is -0.304 e. The quantitative estimate of drug-likeness (QED) is 0.877. The number of nitrogens with zero attached hydrogens (tertiary/aromatic N) is 1. The van der Waals surface area contributed by atoms with Crippen LogP contribution >= 0.6 is 38.6 Å². The highest BCUT2D eigenvalue weighted by Gasteiger charge is 2.20. The van der Waals surface area contributed by atoms with Crippen molar-refractivity contribution in [2.24, 2.45) is 0 Å². The van der Waals surface area contributed by atoms with Crippen molar-refractivity contribution in [1.82, 2.24) is 10.3 Å². The van der Waals surface area contributed by atoms with Crippen molar-refractivity contribution in [1.29, 1.82) is 0 Å². The zero-order chi connectivity index (χ0) is 13.3. The first-order valence-electron chi connectivity index (χ1n) is 5.96. The van der Waals surface area contributed by atoms with Crippen LogP contribution in [-0.4, -0.2) is 11.5 Å². The molecule has 0 aliphatic rings. The molecule has 18 heavy (non-hydrogen) atoms. The number of thiophene rings is 1. The molecule has 0 aromatic carbocycles. The molecular weight excluding hydrogens is 328 g/mol. The second kappa shape index (κ2) is 5.82. The summed E-state index contributed by atoms with van der Waals surface area (Å²) in [6, 6.07) is 2.43. The van der Waals surface area contributed by atoms with Crippen molar-refractivity contribution in [3.05, 3.63) is 35.9 Å². The fraction of sp³-hybridized carbons (Fsp3) is 0.462. The first-order chi connectivity index (χ1) is 8.52. The first-order valence-corrected chi connectivity index (χ1v) is 8.38. The molecule has 1 atom stereocenters. The largest absolute Gasteiger partial charge is 0.304 e. The summed E-state index contributed by atoms with van der Waals surface area (Å²) >= 11 is 7.21. The smallest absolute Gasteiger partial charge is 0.115 e. The molecule has 0 saturated carbocycles. The highest BCUT2D eigenvalue weighted by atomic mass is 79.9. The van der Waals surface area contributed by atoms with Crippen LogP contribution in [0.25, 0.3) is 0 Å². The molecule has 2 nitrogen and oxygen atoms in total. The highest BCUT2D eigenvalue weighted by Crippen LogP contribution is 2.35. The molecule has 0 fully saturated rings. The number of thiazole rings is 1. The minimum atomic E-state index is 0.224. The first kappa shape index (κ1) is 14.2. The fourth-order valence-electron chi connectivity index (χ4n) is 1.76. The van der Waals surface area contributed by atoms with E-state index in [0.29, 0.717) is 0 Å². The van der Waals surface area contributed by atoms with Gasteiger partial charge in [-0.1, -0.05) is 6.92 Å². The second-order valence-corrected chi connectivity index (χ2v) is 7.61. The van der Waals surface area contributed by atoms with E-state index in [1.165, 1.54) is 24.1 Å². The molecule has 2 aromatic heterocycles. The summed E-state index contributed by atoms with van der Waals surface area (Å²) in [7, 11) is 0. The summed E-state index contributed by atoms with van der Waals surface area (Å²) in [6.45, 7) is 9.43. The molecule has 0 spiro atoms. The van der Waals surface area contributed by atoms with Gasteiger partial charge in [-0.15, -0.1) is 22.7 Å². The van der Waals surface area contributed by atoms with Gasteiger partial charge in [0.1, 0.15) is 5.01 Å². The van der Waals surface area contributed by atoms with Crippen molar-refractivity contribution in [2.45, 2.75) is 33.7 Å². The molecule has 0 saturated heterocycles. The third-order valence-corrected chi connectivity index (χ3v) is 6.20. The van der Waals surface area contributed by atoms with Gasteiger partial charge in [0.05, 0.1) is 11.7 Å². The third kappa shape index (κ3) is 2.85. The van der Waals surface area contributed by atoms with E-state index in [9.17, 15) is 0 Å². The summed E-state index contributed by atoms with van der Waals surface area (Å²) in [5.41, 5.74) is 1.14. The van der Waals surface area contributed by atoms with Crippen LogP contribution in [0.15, 0.2) is 10.5 Å². The predicted molar refractivity (Wildman–Crippen MR) is 83.9 cm³/mol. The van der Waals surface area contributed by atoms with Crippen LogP contribution in [0.5, 0.6) is 0 Å². The van der Waals surface area contributed by atoms with E-state index in [4.69, 9.17) is 4.98 Å². The molecule has 2 heterocycles. The third-order valence-electron chi connectivity index (χ3n) is 2.86. The van der Waals surface area contributed by atoms with Gasteiger partial charge in [0.2, 0.25) is 0 Å². The van der Waals surface area contributed by atoms with Gasteiger partial charge in [-0.3, -0.25) is 0 Å². The van der Waals surface area contributed by atoms with Gasteiger partial charge in [0.15, 0.2) is 0 Å². The number of aryl methyl sites for hydroxylation is 3. The summed E-state index contributed by atoms with van der Waals surface area (Å²) in [4.78, 5) is 8.64. The van der Waals surface area contributed by atoms with E-state index in [-0.39, 0.29) is 6.04 Å². The molecule has 0 aliphatic heterocycles. The van der Waals surface area contributed by atoms with Crippen molar-refractivity contribution in [3.8, 4) is 0 Å². The van der Waals surface area contributed by atoms with Crippen LogP contribution in [0.1, 0.15) is 38.3 Å². The topological polar surface area (TPSA) is 24.9 Å². The Balaban J connectivity index is 2.39. The van der Waals surface area contributed by atoms with Gasteiger partial charge in [0.25, 0.3) is 0 Å². The van der Waals surface area contributed by atoms with Gasteiger partial charge in [-0.05, 0) is 49.3 Å². The molecule has 98 valence electrons. The van der Waals surface area contributed by atoms with E-state index >= 15 is 0 Å². The summed E-state index contributed by atoms with van der Waals surface area (Å²) in [6.07, 6.45) is 0. The highest BCUT2D eigenvalue weighted by molar-refractivity contribution is 9.10. The van der Waals surface area contributed by atoms with E-state index in [0.717, 1.165) is 12.2 Å². The Morgan fingerprint density at radius 1 is 1.28 bits per heavy atom. The summed E-state index contributed by atoms with van der Waals surface area (Å²) in [5, 5.41) is 4.70. The Kier molecular flexibility index (Phi) is 4.59. The summed E-state index contributed by atoms with van der Waals surface area (Å²) < 4.78 is 1.19. The maximum Gasteiger partial charge on any atom is 0.115 e. The van der Waals surface area contributed by atoms with Crippen LogP contribution in [0.2, 0.25) is 0 Å². The number of hydrogen-bond acceptors (Lipinski definition) is 4. The standard InChI is InChI=1S/C13H17BrN2S2/c1-5-15-12(11-6-10(14)9(4)17-11)13-16-7(2)8(3)18-13/h6,12,15H,5H2,1-4H3. The number of rotatable bonds is 4. The molecule has 0 bridgehead atoms. The monoisotopic (exact) mass is 344 g/mol. The molecular formula is C13H17BrN2S2. The maximum atomic E-state index is 4.69. The zero-order valence-corrected chi connectivity index (χ0v) is 14.2. The molecule has 0 aliphatic carbocycles.